The molecule has 0 bridgehead atoms. The average molecular weight is 366 g/mol. The van der Waals surface area contributed by atoms with Gasteiger partial charge in [0.15, 0.2) is 5.11 Å². The molecule has 4 nitrogen and oxygen atoms in total. The van der Waals surface area contributed by atoms with Crippen LogP contribution in [0.25, 0.3) is 10.9 Å². The lowest BCUT2D eigenvalue weighted by molar-refractivity contribution is 0.401. The third kappa shape index (κ3) is 4.11. The van der Waals surface area contributed by atoms with Crippen LogP contribution in [0.3, 0.4) is 0 Å². The summed E-state index contributed by atoms with van der Waals surface area (Å²) in [6.45, 7) is 3.23. The van der Waals surface area contributed by atoms with Crippen molar-refractivity contribution >= 4 is 28.2 Å². The molecule has 0 aliphatic carbocycles. The summed E-state index contributed by atoms with van der Waals surface area (Å²) in [5.41, 5.74) is 3.90. The van der Waals surface area contributed by atoms with Gasteiger partial charge in [0.05, 0.1) is 6.54 Å². The van der Waals surface area contributed by atoms with Gasteiger partial charge in [0, 0.05) is 24.7 Å². The van der Waals surface area contributed by atoms with Crippen LogP contribution in [0, 0.1) is 0 Å². The highest BCUT2D eigenvalue weighted by Crippen LogP contribution is 2.16. The fourth-order valence-corrected chi connectivity index (χ4v) is 3.13. The molecular formula is C21H23N3OS. The summed E-state index contributed by atoms with van der Waals surface area (Å²) >= 11 is 5.46. The van der Waals surface area contributed by atoms with E-state index in [0.717, 1.165) is 22.9 Å². The summed E-state index contributed by atoms with van der Waals surface area (Å²) in [6.07, 6.45) is 0.967. The second-order valence-corrected chi connectivity index (χ2v) is 6.68. The van der Waals surface area contributed by atoms with E-state index in [2.05, 4.69) is 41.5 Å². The van der Waals surface area contributed by atoms with Crippen LogP contribution in [-0.4, -0.2) is 22.0 Å². The van der Waals surface area contributed by atoms with Gasteiger partial charge in [0.1, 0.15) is 0 Å². The zero-order valence-electron chi connectivity index (χ0n) is 15.1. The van der Waals surface area contributed by atoms with E-state index in [-0.39, 0.29) is 5.56 Å². The van der Waals surface area contributed by atoms with Gasteiger partial charge >= 0.3 is 0 Å². The topological polar surface area (TPSA) is 48.1 Å². The quantitative estimate of drug-likeness (QED) is 0.679. The SMILES string of the molecule is CCc1ccc2[nH]c(=O)c(CN(Cc3ccccc3)C(=S)NC)cc2c1. The number of aromatic nitrogens is 1. The van der Waals surface area contributed by atoms with E-state index >= 15 is 0 Å². The van der Waals surface area contributed by atoms with E-state index in [9.17, 15) is 4.79 Å². The Balaban J connectivity index is 1.93. The van der Waals surface area contributed by atoms with Crippen LogP contribution in [0.1, 0.15) is 23.6 Å². The molecule has 3 aromatic rings. The Kier molecular flexibility index (Phi) is 5.68. The molecule has 5 heteroatoms. The number of pyridine rings is 1. The van der Waals surface area contributed by atoms with Gasteiger partial charge in [-0.2, -0.15) is 0 Å². The fraction of sp³-hybridized carbons (Fsp3) is 0.238. The van der Waals surface area contributed by atoms with Crippen LogP contribution in [-0.2, 0) is 19.5 Å². The minimum Gasteiger partial charge on any atom is -0.366 e. The lowest BCUT2D eigenvalue weighted by Crippen LogP contribution is -2.38. The van der Waals surface area contributed by atoms with Crippen LogP contribution in [0.2, 0.25) is 0 Å². The molecule has 0 atom stereocenters. The smallest absolute Gasteiger partial charge is 0.253 e. The summed E-state index contributed by atoms with van der Waals surface area (Å²) in [5, 5.41) is 4.70. The first-order valence-electron chi connectivity index (χ1n) is 8.76. The largest absolute Gasteiger partial charge is 0.366 e. The van der Waals surface area contributed by atoms with Gasteiger partial charge in [-0.05, 0) is 53.4 Å². The lowest BCUT2D eigenvalue weighted by Gasteiger charge is -2.25. The van der Waals surface area contributed by atoms with Crippen molar-refractivity contribution in [1.82, 2.24) is 15.2 Å². The highest BCUT2D eigenvalue weighted by molar-refractivity contribution is 7.80. The van der Waals surface area contributed by atoms with Gasteiger partial charge in [-0.3, -0.25) is 4.79 Å². The van der Waals surface area contributed by atoms with E-state index in [1.54, 1.807) is 7.05 Å². The minimum atomic E-state index is -0.0706. The van der Waals surface area contributed by atoms with Gasteiger partial charge < -0.3 is 15.2 Å². The zero-order valence-corrected chi connectivity index (χ0v) is 15.9. The van der Waals surface area contributed by atoms with Crippen molar-refractivity contribution in [1.29, 1.82) is 0 Å². The maximum Gasteiger partial charge on any atom is 0.253 e. The molecule has 0 aliphatic heterocycles. The molecule has 2 aromatic carbocycles. The summed E-state index contributed by atoms with van der Waals surface area (Å²) in [7, 11) is 1.80. The van der Waals surface area contributed by atoms with Crippen molar-refractivity contribution in [3.63, 3.8) is 0 Å². The first kappa shape index (κ1) is 18.1. The normalized spacial score (nSPS) is 10.7. The fourth-order valence-electron chi connectivity index (χ4n) is 3.01. The number of nitrogens with zero attached hydrogens (tertiary/aromatic N) is 1. The lowest BCUT2D eigenvalue weighted by atomic mass is 10.1. The molecule has 0 saturated heterocycles. The minimum absolute atomic E-state index is 0.0706. The third-order valence-corrected chi connectivity index (χ3v) is 4.93. The van der Waals surface area contributed by atoms with E-state index in [0.29, 0.717) is 23.8 Å². The average Bonchev–Trinajstić information content (AvgIpc) is 2.67. The van der Waals surface area contributed by atoms with E-state index < -0.39 is 0 Å². The first-order chi connectivity index (χ1) is 12.6. The maximum atomic E-state index is 12.5. The van der Waals surface area contributed by atoms with Crippen molar-refractivity contribution in [2.75, 3.05) is 7.05 Å². The molecule has 2 N–H and O–H groups in total. The molecule has 0 spiro atoms. The number of benzene rings is 2. The first-order valence-corrected chi connectivity index (χ1v) is 9.17. The summed E-state index contributed by atoms with van der Waals surface area (Å²) in [4.78, 5) is 17.5. The molecule has 26 heavy (non-hydrogen) atoms. The van der Waals surface area contributed by atoms with Gasteiger partial charge in [-0.1, -0.05) is 43.3 Å². The van der Waals surface area contributed by atoms with Gasteiger partial charge in [-0.15, -0.1) is 0 Å². The summed E-state index contributed by atoms with van der Waals surface area (Å²) in [6, 6.07) is 18.2. The third-order valence-electron chi connectivity index (χ3n) is 4.47. The van der Waals surface area contributed by atoms with Crippen molar-refractivity contribution in [2.45, 2.75) is 26.4 Å². The Morgan fingerprint density at radius 3 is 2.54 bits per heavy atom. The monoisotopic (exact) mass is 365 g/mol. The zero-order chi connectivity index (χ0) is 18.5. The van der Waals surface area contributed by atoms with Crippen LogP contribution < -0.4 is 10.9 Å². The summed E-state index contributed by atoms with van der Waals surface area (Å²) in [5.74, 6) is 0. The second kappa shape index (κ2) is 8.15. The van der Waals surface area contributed by atoms with Crippen LogP contribution in [0.15, 0.2) is 59.4 Å². The Morgan fingerprint density at radius 2 is 1.85 bits per heavy atom. The number of aromatic amines is 1. The number of nitrogens with one attached hydrogen (secondary N) is 2. The molecule has 0 aliphatic rings. The standard InChI is InChI=1S/C21H23N3OS/c1-3-15-9-10-19-17(11-15)12-18(20(25)23-19)14-24(21(26)22-2)13-16-7-5-4-6-8-16/h4-12H,3,13-14H2,1-2H3,(H,22,26)(H,23,25). The number of fused-ring (bicyclic) bond motifs is 1. The number of thiocarbonyl (C=S) groups is 1. The molecule has 0 saturated carbocycles. The Bertz CT molecular complexity index is 966. The van der Waals surface area contributed by atoms with Crippen molar-refractivity contribution in [3.05, 3.63) is 81.6 Å². The number of aryl methyl sites for hydroxylation is 1. The Labute approximate surface area is 158 Å². The predicted molar refractivity (Wildman–Crippen MR) is 111 cm³/mol. The second-order valence-electron chi connectivity index (χ2n) is 6.30. The van der Waals surface area contributed by atoms with Gasteiger partial charge in [-0.25, -0.2) is 0 Å². The summed E-state index contributed by atoms with van der Waals surface area (Å²) < 4.78 is 0. The molecule has 0 fully saturated rings. The molecule has 134 valence electrons. The van der Waals surface area contributed by atoms with Gasteiger partial charge in [0.25, 0.3) is 5.56 Å². The van der Waals surface area contributed by atoms with Crippen molar-refractivity contribution in [2.24, 2.45) is 0 Å². The highest BCUT2D eigenvalue weighted by atomic mass is 32.1. The number of rotatable bonds is 5. The van der Waals surface area contributed by atoms with Crippen LogP contribution in [0.4, 0.5) is 0 Å². The molecular weight excluding hydrogens is 342 g/mol. The molecule has 1 aromatic heterocycles. The van der Waals surface area contributed by atoms with Crippen molar-refractivity contribution < 1.29 is 0 Å². The van der Waals surface area contributed by atoms with Crippen LogP contribution >= 0.6 is 12.2 Å². The number of H-pyrrole nitrogens is 1. The number of hydrogen-bond acceptors (Lipinski definition) is 2. The van der Waals surface area contributed by atoms with E-state index in [4.69, 9.17) is 12.2 Å². The predicted octanol–water partition coefficient (Wildman–Crippen LogP) is 3.60. The molecule has 0 amide bonds. The van der Waals surface area contributed by atoms with Crippen molar-refractivity contribution in [3.8, 4) is 0 Å². The van der Waals surface area contributed by atoms with E-state index in [1.807, 2.05) is 35.2 Å². The molecule has 1 heterocycles. The molecule has 0 unspecified atom stereocenters. The molecule has 3 rings (SSSR count). The Morgan fingerprint density at radius 1 is 1.08 bits per heavy atom. The highest BCUT2D eigenvalue weighted by Gasteiger charge is 2.13. The maximum absolute atomic E-state index is 12.5. The van der Waals surface area contributed by atoms with Crippen LogP contribution in [0.5, 0.6) is 0 Å². The van der Waals surface area contributed by atoms with Gasteiger partial charge in [0.2, 0.25) is 0 Å². The molecule has 0 radical (unpaired) electrons. The van der Waals surface area contributed by atoms with E-state index in [1.165, 1.54) is 5.56 Å². The number of hydrogen-bond donors (Lipinski definition) is 2. The Hall–Kier alpha value is -2.66.